The monoisotopic (exact) mass is 305 g/mol. The van der Waals surface area contributed by atoms with E-state index in [0.29, 0.717) is 18.5 Å². The second kappa shape index (κ2) is 5.67. The average molecular weight is 305 g/mol. The van der Waals surface area contributed by atoms with E-state index in [1.807, 2.05) is 0 Å². The summed E-state index contributed by atoms with van der Waals surface area (Å²) in [7, 11) is 0. The van der Waals surface area contributed by atoms with E-state index in [0.717, 1.165) is 11.8 Å². The van der Waals surface area contributed by atoms with E-state index >= 15 is 0 Å². The first-order chi connectivity index (χ1) is 10.6. The molecule has 5 nitrogen and oxygen atoms in total. The molecule has 22 heavy (non-hydrogen) atoms. The first-order valence-corrected chi connectivity index (χ1v) is 6.78. The molecule has 0 radical (unpaired) electrons. The summed E-state index contributed by atoms with van der Waals surface area (Å²) in [6.45, 7) is 0.510. The molecule has 0 fully saturated rings. The first-order valence-electron chi connectivity index (χ1n) is 6.78. The van der Waals surface area contributed by atoms with Crippen LogP contribution in [0.25, 0.3) is 0 Å². The van der Waals surface area contributed by atoms with Gasteiger partial charge in [-0.15, -0.1) is 0 Å². The molecule has 1 amide bonds. The van der Waals surface area contributed by atoms with Crippen LogP contribution in [-0.2, 0) is 13.0 Å². The summed E-state index contributed by atoms with van der Waals surface area (Å²) < 4.78 is 26.0. The van der Waals surface area contributed by atoms with Gasteiger partial charge < -0.3 is 9.88 Å². The van der Waals surface area contributed by atoms with E-state index in [1.165, 1.54) is 17.2 Å². The highest BCUT2D eigenvalue weighted by Crippen LogP contribution is 2.24. The van der Waals surface area contributed by atoms with Gasteiger partial charge in [-0.05, 0) is 24.1 Å². The zero-order chi connectivity index (χ0) is 15.7. The van der Waals surface area contributed by atoms with Crippen LogP contribution in [0, 0.1) is 0 Å². The molecule has 1 N–H and O–H groups in total. The predicted octanol–water partition coefficient (Wildman–Crippen LogP) is 1.91. The Morgan fingerprint density at radius 1 is 1.36 bits per heavy atom. The van der Waals surface area contributed by atoms with Crippen molar-refractivity contribution in [1.82, 2.24) is 14.9 Å². The van der Waals surface area contributed by atoms with Gasteiger partial charge in [0.2, 0.25) is 0 Å². The van der Waals surface area contributed by atoms with E-state index in [1.54, 1.807) is 12.3 Å². The summed E-state index contributed by atoms with van der Waals surface area (Å²) in [5.74, 6) is -0.508. The van der Waals surface area contributed by atoms with Crippen LogP contribution in [0.5, 0.6) is 0 Å². The van der Waals surface area contributed by atoms with Crippen LogP contribution >= 0.6 is 0 Å². The highest BCUT2D eigenvalue weighted by atomic mass is 19.3. The zero-order valence-electron chi connectivity index (χ0n) is 11.6. The third kappa shape index (κ3) is 2.49. The quantitative estimate of drug-likeness (QED) is 0.921. The third-order valence-corrected chi connectivity index (χ3v) is 3.77. The Hall–Kier alpha value is -2.57. The number of amides is 1. The van der Waals surface area contributed by atoms with E-state index in [-0.39, 0.29) is 23.2 Å². The second-order valence-corrected chi connectivity index (χ2v) is 5.05. The van der Waals surface area contributed by atoms with Gasteiger partial charge in [0.1, 0.15) is 0 Å². The Morgan fingerprint density at radius 3 is 2.95 bits per heavy atom. The highest BCUT2D eigenvalue weighted by molar-refractivity contribution is 5.95. The minimum atomic E-state index is -2.77. The Labute approximate surface area is 124 Å². The predicted molar refractivity (Wildman–Crippen MR) is 74.7 cm³/mol. The van der Waals surface area contributed by atoms with Crippen LogP contribution in [0.3, 0.4) is 0 Å². The number of nitrogens with zero attached hydrogens (tertiary/aromatic N) is 2. The second-order valence-electron chi connectivity index (χ2n) is 5.05. The lowest BCUT2D eigenvalue weighted by molar-refractivity contribution is 0.0721. The topological polar surface area (TPSA) is 66.1 Å². The van der Waals surface area contributed by atoms with Crippen molar-refractivity contribution in [2.24, 2.45) is 0 Å². The fourth-order valence-corrected chi connectivity index (χ4v) is 2.60. The number of hydrogen-bond acceptors (Lipinski definition) is 3. The molecule has 0 aromatic carbocycles. The van der Waals surface area contributed by atoms with Gasteiger partial charge in [0.15, 0.2) is 0 Å². The molecule has 1 aliphatic rings. The molecule has 1 aliphatic heterocycles. The molecular weight excluding hydrogens is 292 g/mol. The molecular formula is C15H13F2N3O2. The van der Waals surface area contributed by atoms with Gasteiger partial charge in [-0.1, -0.05) is 0 Å². The number of carbonyl (C=O) groups is 1. The smallest absolute Gasteiger partial charge is 0.266 e. The van der Waals surface area contributed by atoms with Crippen molar-refractivity contribution in [3.05, 3.63) is 63.3 Å². The van der Waals surface area contributed by atoms with Crippen molar-refractivity contribution in [3.63, 3.8) is 0 Å². The van der Waals surface area contributed by atoms with Crippen molar-refractivity contribution in [3.8, 4) is 0 Å². The molecule has 3 heterocycles. The van der Waals surface area contributed by atoms with Crippen molar-refractivity contribution in [1.29, 1.82) is 0 Å². The van der Waals surface area contributed by atoms with Crippen LogP contribution in [0.4, 0.5) is 8.78 Å². The molecule has 0 saturated carbocycles. The Bertz CT molecular complexity index is 773. The summed E-state index contributed by atoms with van der Waals surface area (Å²) in [6.07, 6.45) is 1.64. The number of rotatable bonds is 2. The van der Waals surface area contributed by atoms with Crippen molar-refractivity contribution < 1.29 is 13.6 Å². The molecule has 0 bridgehead atoms. The minimum absolute atomic E-state index is 0.0687. The Balaban J connectivity index is 1.92. The summed E-state index contributed by atoms with van der Waals surface area (Å²) in [5.41, 5.74) is 0.686. The zero-order valence-corrected chi connectivity index (χ0v) is 11.6. The maximum absolute atomic E-state index is 13.0. The summed E-state index contributed by atoms with van der Waals surface area (Å²) in [5, 5.41) is 0. The number of pyridine rings is 2. The van der Waals surface area contributed by atoms with Crippen LogP contribution in [0.1, 0.15) is 33.5 Å². The van der Waals surface area contributed by atoms with Crippen LogP contribution in [0.2, 0.25) is 0 Å². The van der Waals surface area contributed by atoms with Gasteiger partial charge in [-0.3, -0.25) is 14.6 Å². The van der Waals surface area contributed by atoms with Gasteiger partial charge in [0.05, 0.1) is 12.1 Å². The number of nitrogens with one attached hydrogen (secondary N) is 1. The van der Waals surface area contributed by atoms with Gasteiger partial charge in [-0.25, -0.2) is 8.78 Å². The molecule has 0 unspecified atom stereocenters. The molecule has 7 heteroatoms. The number of aromatic amines is 1. The lowest BCUT2D eigenvalue weighted by Crippen LogP contribution is -2.39. The summed E-state index contributed by atoms with van der Waals surface area (Å²) >= 11 is 0. The number of fused-ring (bicyclic) bond motifs is 1. The van der Waals surface area contributed by atoms with Gasteiger partial charge >= 0.3 is 0 Å². The molecule has 114 valence electrons. The van der Waals surface area contributed by atoms with Crippen molar-refractivity contribution in [2.45, 2.75) is 19.4 Å². The SMILES string of the molecule is O=C(c1ccncc1C(F)F)N1CCc2cc[nH]c(=O)c2C1. The molecule has 0 atom stereocenters. The molecule has 2 aromatic rings. The highest BCUT2D eigenvalue weighted by Gasteiger charge is 2.26. The fraction of sp³-hybridized carbons (Fsp3) is 0.267. The fourth-order valence-electron chi connectivity index (χ4n) is 2.60. The van der Waals surface area contributed by atoms with Crippen LogP contribution in [0.15, 0.2) is 35.5 Å². The Kier molecular flexibility index (Phi) is 3.70. The summed E-state index contributed by atoms with van der Waals surface area (Å²) in [4.78, 5) is 31.9. The van der Waals surface area contributed by atoms with E-state index < -0.39 is 12.3 Å². The van der Waals surface area contributed by atoms with Crippen LogP contribution in [-0.4, -0.2) is 27.3 Å². The normalized spacial score (nSPS) is 14.0. The third-order valence-electron chi connectivity index (χ3n) is 3.77. The Morgan fingerprint density at radius 2 is 2.18 bits per heavy atom. The number of H-pyrrole nitrogens is 1. The number of alkyl halides is 2. The molecule has 0 saturated heterocycles. The van der Waals surface area contributed by atoms with E-state index in [4.69, 9.17) is 0 Å². The number of halogens is 2. The number of carbonyl (C=O) groups excluding carboxylic acids is 1. The maximum Gasteiger partial charge on any atom is 0.266 e. The minimum Gasteiger partial charge on any atom is -0.334 e. The lowest BCUT2D eigenvalue weighted by atomic mass is 10.0. The number of hydrogen-bond donors (Lipinski definition) is 1. The van der Waals surface area contributed by atoms with Gasteiger partial charge in [0.25, 0.3) is 17.9 Å². The molecule has 0 spiro atoms. The average Bonchev–Trinajstić information content (AvgIpc) is 2.54. The summed E-state index contributed by atoms with van der Waals surface area (Å²) in [6, 6.07) is 3.09. The van der Waals surface area contributed by atoms with Crippen LogP contribution < -0.4 is 5.56 Å². The van der Waals surface area contributed by atoms with Gasteiger partial charge in [0, 0.05) is 36.3 Å². The van der Waals surface area contributed by atoms with E-state index in [9.17, 15) is 18.4 Å². The van der Waals surface area contributed by atoms with Gasteiger partial charge in [-0.2, -0.15) is 0 Å². The lowest BCUT2D eigenvalue weighted by Gasteiger charge is -2.28. The standard InChI is InChI=1S/C15H13F2N3O2/c16-13(17)11-7-18-4-2-10(11)15(22)20-6-3-9-1-5-19-14(21)12(9)8-20/h1-2,4-5,7,13H,3,6,8H2,(H,19,21). The molecule has 2 aromatic heterocycles. The number of aromatic nitrogens is 2. The van der Waals surface area contributed by atoms with E-state index in [2.05, 4.69) is 9.97 Å². The first kappa shape index (κ1) is 14.4. The molecule has 3 rings (SSSR count). The molecule has 0 aliphatic carbocycles. The maximum atomic E-state index is 13.0. The van der Waals surface area contributed by atoms with Crippen molar-refractivity contribution in [2.75, 3.05) is 6.54 Å². The largest absolute Gasteiger partial charge is 0.334 e. The van der Waals surface area contributed by atoms with Crippen molar-refractivity contribution >= 4 is 5.91 Å².